The van der Waals surface area contributed by atoms with Crippen LogP contribution in [0.1, 0.15) is 113 Å². The fraction of sp³-hybridized carbons (Fsp3) is 0.800. The van der Waals surface area contributed by atoms with Crippen LogP contribution < -0.4 is 0 Å². The fourth-order valence-corrected chi connectivity index (χ4v) is 9.22. The van der Waals surface area contributed by atoms with Crippen LogP contribution in [-0.2, 0) is 9.59 Å². The lowest BCUT2D eigenvalue weighted by atomic mass is 9.43. The second kappa shape index (κ2) is 8.09. The van der Waals surface area contributed by atoms with Crippen molar-refractivity contribution in [3.05, 3.63) is 22.8 Å². The van der Waals surface area contributed by atoms with Crippen molar-refractivity contribution >= 4 is 11.8 Å². The van der Waals surface area contributed by atoms with Gasteiger partial charge in [-0.3, -0.25) is 9.59 Å². The molecule has 4 aliphatic rings. The van der Waals surface area contributed by atoms with Crippen molar-refractivity contribution in [1.29, 1.82) is 0 Å². The Labute approximate surface area is 201 Å². The summed E-state index contributed by atoms with van der Waals surface area (Å²) in [7, 11) is 0. The highest BCUT2D eigenvalue weighted by molar-refractivity contribution is 5.85. The number of Topliss-reactive ketones (excluding diaryl/α,β-unsaturated/α-hetero) is 1. The van der Waals surface area contributed by atoms with Gasteiger partial charge in [-0.05, 0) is 99.7 Å². The molecule has 0 amide bonds. The van der Waals surface area contributed by atoms with E-state index in [-0.39, 0.29) is 33.5 Å². The summed E-state index contributed by atoms with van der Waals surface area (Å²) in [6.45, 7) is 15.9. The number of carboxylic acid groups (broad SMARTS) is 1. The van der Waals surface area contributed by atoms with Crippen molar-refractivity contribution in [2.75, 3.05) is 0 Å². The molecule has 2 fully saturated rings. The van der Waals surface area contributed by atoms with Crippen LogP contribution in [0.15, 0.2) is 22.8 Å². The molecule has 0 aliphatic heterocycles. The van der Waals surface area contributed by atoms with E-state index < -0.39 is 5.97 Å². The third kappa shape index (κ3) is 3.50. The number of carbonyl (C=O) groups is 2. The molecule has 6 atom stereocenters. The van der Waals surface area contributed by atoms with Crippen LogP contribution in [-0.4, -0.2) is 16.9 Å². The van der Waals surface area contributed by atoms with E-state index in [0.717, 1.165) is 57.8 Å². The van der Waals surface area contributed by atoms with Gasteiger partial charge in [-0.15, -0.1) is 0 Å². The first-order valence-electron chi connectivity index (χ1n) is 13.4. The quantitative estimate of drug-likeness (QED) is 0.432. The Morgan fingerprint density at radius 3 is 2.33 bits per heavy atom. The summed E-state index contributed by atoms with van der Waals surface area (Å²) >= 11 is 0. The highest BCUT2D eigenvalue weighted by Crippen LogP contribution is 2.72. The Morgan fingerprint density at radius 1 is 1.00 bits per heavy atom. The average molecular weight is 455 g/mol. The van der Waals surface area contributed by atoms with E-state index in [1.807, 2.05) is 0 Å². The molecular weight excluding hydrogens is 408 g/mol. The summed E-state index contributed by atoms with van der Waals surface area (Å²) in [4.78, 5) is 25.2. The van der Waals surface area contributed by atoms with Crippen LogP contribution in [0.2, 0.25) is 0 Å². The molecule has 0 heterocycles. The molecule has 0 aromatic carbocycles. The molecule has 33 heavy (non-hydrogen) atoms. The number of carbonyl (C=O) groups excluding carboxylic acids is 1. The molecule has 0 spiro atoms. The molecular formula is C30H46O3. The van der Waals surface area contributed by atoms with Crippen LogP contribution in [0.25, 0.3) is 0 Å². The van der Waals surface area contributed by atoms with Crippen LogP contribution in [0.3, 0.4) is 0 Å². The fourth-order valence-electron chi connectivity index (χ4n) is 9.22. The van der Waals surface area contributed by atoms with Crippen molar-refractivity contribution in [2.45, 2.75) is 113 Å². The second-order valence-corrected chi connectivity index (χ2v) is 13.3. The minimum absolute atomic E-state index is 0.0447. The largest absolute Gasteiger partial charge is 0.481 e. The molecule has 4 rings (SSSR count). The zero-order valence-corrected chi connectivity index (χ0v) is 22.1. The molecule has 0 bridgehead atoms. The van der Waals surface area contributed by atoms with Gasteiger partial charge in [0, 0.05) is 11.8 Å². The lowest BCUT2D eigenvalue weighted by molar-refractivity contribution is -0.146. The molecule has 1 N–H and O–H groups in total. The van der Waals surface area contributed by atoms with Gasteiger partial charge in [-0.2, -0.15) is 0 Å². The number of hydrogen-bond acceptors (Lipinski definition) is 2. The van der Waals surface area contributed by atoms with Crippen molar-refractivity contribution in [1.82, 2.24) is 0 Å². The lowest BCUT2D eigenvalue weighted by Gasteiger charge is -2.60. The first-order chi connectivity index (χ1) is 15.3. The standard InChI is InChI=1S/C30H46O3/c1-19(2)9-8-10-20(26(32)33)21-13-17-30(7)23-11-12-24-27(3,4)25(31)15-16-28(24,5)22(23)14-18-29(21,30)6/h9,20-21,24H,8,10-18H2,1-7H3,(H,32,33)/t20-,21-,24?,28+,29-,30+/m0/s1. The molecule has 0 aromatic rings. The van der Waals surface area contributed by atoms with Crippen LogP contribution in [0, 0.1) is 39.4 Å². The molecule has 184 valence electrons. The number of hydrogen-bond donors (Lipinski definition) is 1. The Kier molecular flexibility index (Phi) is 6.07. The van der Waals surface area contributed by atoms with Crippen LogP contribution in [0.5, 0.6) is 0 Å². The van der Waals surface area contributed by atoms with Gasteiger partial charge < -0.3 is 5.11 Å². The third-order valence-corrected chi connectivity index (χ3v) is 11.4. The van der Waals surface area contributed by atoms with E-state index >= 15 is 0 Å². The number of rotatable bonds is 5. The molecule has 0 saturated heterocycles. The predicted molar refractivity (Wildman–Crippen MR) is 134 cm³/mol. The molecule has 3 nitrogen and oxygen atoms in total. The van der Waals surface area contributed by atoms with Crippen molar-refractivity contribution < 1.29 is 14.7 Å². The zero-order chi connectivity index (χ0) is 24.4. The van der Waals surface area contributed by atoms with Crippen LogP contribution >= 0.6 is 0 Å². The highest BCUT2D eigenvalue weighted by atomic mass is 16.4. The van der Waals surface area contributed by atoms with E-state index in [1.165, 1.54) is 5.57 Å². The summed E-state index contributed by atoms with van der Waals surface area (Å²) in [6, 6.07) is 0. The SMILES string of the molecule is CC(C)=CCC[C@H](C(=O)O)[C@@H]1CC[C@]2(C)C3=C(CC[C@@]12C)[C@@]1(C)CCC(=O)C(C)(C)C1CC3. The van der Waals surface area contributed by atoms with E-state index in [2.05, 4.69) is 54.5 Å². The summed E-state index contributed by atoms with van der Waals surface area (Å²) in [6.07, 6.45) is 12.0. The minimum atomic E-state index is -0.601. The summed E-state index contributed by atoms with van der Waals surface area (Å²) in [5, 5.41) is 10.2. The predicted octanol–water partition coefficient (Wildman–Crippen LogP) is 7.75. The Bertz CT molecular complexity index is 904. The Hall–Kier alpha value is -1.38. The average Bonchev–Trinajstić information content (AvgIpc) is 3.00. The number of carboxylic acids is 1. The van der Waals surface area contributed by atoms with Crippen molar-refractivity contribution in [3.63, 3.8) is 0 Å². The molecule has 4 aliphatic carbocycles. The number of fused-ring (bicyclic) bond motifs is 4. The lowest BCUT2D eigenvalue weighted by Crippen LogP contribution is -2.54. The third-order valence-electron chi connectivity index (χ3n) is 11.4. The summed E-state index contributed by atoms with van der Waals surface area (Å²) < 4.78 is 0. The number of aliphatic carboxylic acids is 1. The molecule has 1 unspecified atom stereocenters. The van der Waals surface area contributed by atoms with Gasteiger partial charge >= 0.3 is 5.97 Å². The zero-order valence-electron chi connectivity index (χ0n) is 22.1. The van der Waals surface area contributed by atoms with E-state index in [4.69, 9.17) is 0 Å². The van der Waals surface area contributed by atoms with Gasteiger partial charge in [0.15, 0.2) is 0 Å². The molecule has 0 radical (unpaired) electrons. The summed E-state index contributed by atoms with van der Waals surface area (Å²) in [5.74, 6) is 0.270. The van der Waals surface area contributed by atoms with Gasteiger partial charge in [-0.1, -0.05) is 57.4 Å². The normalized spacial score (nSPS) is 40.5. The minimum Gasteiger partial charge on any atom is -0.481 e. The monoisotopic (exact) mass is 454 g/mol. The molecule has 0 aromatic heterocycles. The number of ketones is 1. The number of allylic oxidation sites excluding steroid dienone is 4. The Morgan fingerprint density at radius 2 is 1.70 bits per heavy atom. The smallest absolute Gasteiger partial charge is 0.306 e. The van der Waals surface area contributed by atoms with Gasteiger partial charge in [0.25, 0.3) is 0 Å². The first-order valence-corrected chi connectivity index (χ1v) is 13.4. The maximum atomic E-state index is 12.8. The van der Waals surface area contributed by atoms with Gasteiger partial charge in [-0.25, -0.2) is 0 Å². The van der Waals surface area contributed by atoms with E-state index in [0.29, 0.717) is 18.1 Å². The molecule has 2 saturated carbocycles. The maximum absolute atomic E-state index is 12.8. The van der Waals surface area contributed by atoms with E-state index in [9.17, 15) is 14.7 Å². The van der Waals surface area contributed by atoms with Crippen molar-refractivity contribution in [2.24, 2.45) is 39.4 Å². The maximum Gasteiger partial charge on any atom is 0.306 e. The van der Waals surface area contributed by atoms with Gasteiger partial charge in [0.1, 0.15) is 5.78 Å². The topological polar surface area (TPSA) is 54.4 Å². The van der Waals surface area contributed by atoms with Gasteiger partial charge in [0.05, 0.1) is 5.92 Å². The highest BCUT2D eigenvalue weighted by Gasteiger charge is 2.64. The van der Waals surface area contributed by atoms with Crippen molar-refractivity contribution in [3.8, 4) is 0 Å². The van der Waals surface area contributed by atoms with Crippen LogP contribution in [0.4, 0.5) is 0 Å². The van der Waals surface area contributed by atoms with Gasteiger partial charge in [0.2, 0.25) is 0 Å². The second-order valence-electron chi connectivity index (χ2n) is 13.3. The molecule has 3 heteroatoms. The van der Waals surface area contributed by atoms with E-state index in [1.54, 1.807) is 11.1 Å². The first kappa shape index (κ1) is 24.7. The summed E-state index contributed by atoms with van der Waals surface area (Å²) in [5.41, 5.74) is 4.63. The Balaban J connectivity index is 1.70.